The Kier molecular flexibility index (Phi) is 7.47. The van der Waals surface area contributed by atoms with Gasteiger partial charge in [0.2, 0.25) is 0 Å². The number of likely N-dealkylation sites (N-methyl/N-ethyl adjacent to an activating group) is 1. The van der Waals surface area contributed by atoms with Gasteiger partial charge in [-0.1, -0.05) is 13.8 Å². The van der Waals surface area contributed by atoms with Gasteiger partial charge in [0.25, 0.3) is 0 Å². The molecule has 2 N–H and O–H groups in total. The molecule has 0 aromatic carbocycles. The molecule has 1 atom stereocenters. The van der Waals surface area contributed by atoms with Gasteiger partial charge in [-0.15, -0.1) is 0 Å². The fraction of sp³-hybridized carbons (Fsp3) is 0.714. The highest BCUT2D eigenvalue weighted by atomic mass is 32.2. The van der Waals surface area contributed by atoms with E-state index < -0.39 is 0 Å². The molecule has 0 radical (unpaired) electrons. The first-order valence-corrected chi connectivity index (χ1v) is 7.88. The van der Waals surface area contributed by atoms with Gasteiger partial charge >= 0.3 is 0 Å². The van der Waals surface area contributed by atoms with Crippen LogP contribution in [0.5, 0.6) is 0 Å². The molecule has 0 aliphatic rings. The van der Waals surface area contributed by atoms with Crippen LogP contribution in [0.25, 0.3) is 0 Å². The largest absolute Gasteiger partial charge is 0.468 e. The average molecular weight is 271 g/mol. The van der Waals surface area contributed by atoms with Crippen LogP contribution < -0.4 is 5.32 Å². The normalized spacial score (nSPS) is 14.6. The number of rotatable bonds is 10. The molecule has 0 saturated carbocycles. The van der Waals surface area contributed by atoms with Crippen LogP contribution in [0.4, 0.5) is 0 Å². The van der Waals surface area contributed by atoms with Gasteiger partial charge in [0.15, 0.2) is 0 Å². The lowest BCUT2D eigenvalue weighted by Crippen LogP contribution is -2.48. The van der Waals surface area contributed by atoms with Gasteiger partial charge in [0.1, 0.15) is 5.76 Å². The summed E-state index contributed by atoms with van der Waals surface area (Å²) in [6, 6.07) is 3.94. The topological polar surface area (TPSA) is 45.4 Å². The summed E-state index contributed by atoms with van der Waals surface area (Å²) in [5.41, 5.74) is -0.0833. The summed E-state index contributed by atoms with van der Waals surface area (Å²) in [7, 11) is 0. The van der Waals surface area contributed by atoms with Crippen molar-refractivity contribution in [2.75, 3.05) is 18.9 Å². The Balaban J connectivity index is 2.18. The van der Waals surface area contributed by atoms with Crippen molar-refractivity contribution in [3.8, 4) is 0 Å². The van der Waals surface area contributed by atoms with Crippen LogP contribution in [-0.2, 0) is 5.75 Å². The van der Waals surface area contributed by atoms with Crippen LogP contribution in [0.3, 0.4) is 0 Å². The lowest BCUT2D eigenvalue weighted by molar-refractivity contribution is 0.148. The summed E-state index contributed by atoms with van der Waals surface area (Å²) < 4.78 is 5.29. The van der Waals surface area contributed by atoms with Gasteiger partial charge < -0.3 is 14.8 Å². The molecule has 0 saturated heterocycles. The van der Waals surface area contributed by atoms with E-state index in [1.165, 1.54) is 0 Å². The number of hydrogen-bond donors (Lipinski definition) is 2. The number of nitrogens with one attached hydrogen (secondary N) is 1. The minimum Gasteiger partial charge on any atom is -0.468 e. The van der Waals surface area contributed by atoms with E-state index in [0.717, 1.165) is 43.1 Å². The molecule has 1 unspecified atom stereocenters. The highest BCUT2D eigenvalue weighted by Crippen LogP contribution is 2.20. The smallest absolute Gasteiger partial charge is 0.113 e. The first-order chi connectivity index (χ1) is 8.76. The maximum atomic E-state index is 9.53. The molecule has 104 valence electrons. The minimum atomic E-state index is -0.0833. The van der Waals surface area contributed by atoms with Crippen molar-refractivity contribution < 1.29 is 9.52 Å². The molecule has 1 heterocycles. The average Bonchev–Trinajstić information content (AvgIpc) is 2.90. The van der Waals surface area contributed by atoms with E-state index in [2.05, 4.69) is 19.2 Å². The van der Waals surface area contributed by atoms with Gasteiger partial charge in [-0.25, -0.2) is 0 Å². The number of furan rings is 1. The Labute approximate surface area is 114 Å². The first-order valence-electron chi connectivity index (χ1n) is 6.72. The Morgan fingerprint density at radius 2 is 2.28 bits per heavy atom. The molecule has 0 amide bonds. The highest BCUT2D eigenvalue weighted by Gasteiger charge is 2.25. The maximum Gasteiger partial charge on any atom is 0.113 e. The van der Waals surface area contributed by atoms with Crippen LogP contribution in [0.15, 0.2) is 22.8 Å². The lowest BCUT2D eigenvalue weighted by Gasteiger charge is -2.31. The summed E-state index contributed by atoms with van der Waals surface area (Å²) in [5.74, 6) is 3.08. The van der Waals surface area contributed by atoms with Crippen LogP contribution in [0, 0.1) is 0 Å². The Morgan fingerprint density at radius 3 is 2.83 bits per heavy atom. The summed E-state index contributed by atoms with van der Waals surface area (Å²) in [6.07, 6.45) is 4.83. The zero-order valence-corrected chi connectivity index (χ0v) is 12.3. The second-order valence-corrected chi connectivity index (χ2v) is 5.66. The molecular weight excluding hydrogens is 246 g/mol. The van der Waals surface area contributed by atoms with E-state index in [0.29, 0.717) is 0 Å². The van der Waals surface area contributed by atoms with Crippen molar-refractivity contribution in [1.29, 1.82) is 0 Å². The van der Waals surface area contributed by atoms with Crippen molar-refractivity contribution in [3.63, 3.8) is 0 Å². The van der Waals surface area contributed by atoms with Gasteiger partial charge in [0.05, 0.1) is 18.6 Å². The molecule has 1 rings (SSSR count). The zero-order valence-electron chi connectivity index (χ0n) is 11.4. The first kappa shape index (κ1) is 15.6. The molecule has 18 heavy (non-hydrogen) atoms. The van der Waals surface area contributed by atoms with Crippen molar-refractivity contribution in [1.82, 2.24) is 5.32 Å². The second kappa shape index (κ2) is 8.62. The molecule has 3 nitrogen and oxygen atoms in total. The Bertz CT molecular complexity index is 297. The third-order valence-electron chi connectivity index (χ3n) is 3.30. The zero-order chi connectivity index (χ0) is 13.3. The van der Waals surface area contributed by atoms with Crippen LogP contribution >= 0.6 is 11.8 Å². The third-order valence-corrected chi connectivity index (χ3v) is 4.37. The van der Waals surface area contributed by atoms with Gasteiger partial charge in [-0.05, 0) is 43.7 Å². The molecule has 0 bridgehead atoms. The SMILES string of the molecule is CCNC(CC)(CO)CCCSCc1ccco1. The predicted octanol–water partition coefficient (Wildman–Crippen LogP) is 3.04. The Hall–Kier alpha value is -0.450. The fourth-order valence-corrected chi connectivity index (χ4v) is 2.95. The number of aliphatic hydroxyl groups excluding tert-OH is 1. The van der Waals surface area contributed by atoms with Crippen molar-refractivity contribution in [2.24, 2.45) is 0 Å². The van der Waals surface area contributed by atoms with E-state index in [1.54, 1.807) is 6.26 Å². The number of thioether (sulfide) groups is 1. The molecule has 0 spiro atoms. The van der Waals surface area contributed by atoms with Gasteiger partial charge in [0, 0.05) is 5.54 Å². The van der Waals surface area contributed by atoms with Gasteiger partial charge in [-0.3, -0.25) is 0 Å². The third kappa shape index (κ3) is 5.04. The molecular formula is C14H25NO2S. The standard InChI is InChI=1S/C14H25NO2S/c1-3-14(12-16,15-4-2)8-6-10-18-11-13-7-5-9-17-13/h5,7,9,15-16H,3-4,6,8,10-12H2,1-2H3. The monoisotopic (exact) mass is 271 g/mol. The lowest BCUT2D eigenvalue weighted by atomic mass is 9.91. The number of aliphatic hydroxyl groups is 1. The van der Waals surface area contributed by atoms with Crippen molar-refractivity contribution in [3.05, 3.63) is 24.2 Å². The minimum absolute atomic E-state index is 0.0833. The van der Waals surface area contributed by atoms with Crippen molar-refractivity contribution in [2.45, 2.75) is 44.4 Å². The van der Waals surface area contributed by atoms with E-state index >= 15 is 0 Å². The molecule has 0 fully saturated rings. The summed E-state index contributed by atoms with van der Waals surface area (Å²) >= 11 is 1.89. The number of hydrogen-bond acceptors (Lipinski definition) is 4. The molecule has 0 aliphatic heterocycles. The molecule has 0 aliphatic carbocycles. The molecule has 1 aromatic heterocycles. The van der Waals surface area contributed by atoms with Crippen LogP contribution in [0.2, 0.25) is 0 Å². The van der Waals surface area contributed by atoms with Crippen molar-refractivity contribution >= 4 is 11.8 Å². The van der Waals surface area contributed by atoms with Crippen LogP contribution in [-0.4, -0.2) is 29.5 Å². The quantitative estimate of drug-likeness (QED) is 0.642. The predicted molar refractivity (Wildman–Crippen MR) is 77.9 cm³/mol. The van der Waals surface area contributed by atoms with Crippen LogP contribution in [0.1, 0.15) is 38.9 Å². The summed E-state index contributed by atoms with van der Waals surface area (Å²) in [4.78, 5) is 0. The highest BCUT2D eigenvalue weighted by molar-refractivity contribution is 7.98. The van der Waals surface area contributed by atoms with E-state index in [9.17, 15) is 5.11 Å². The summed E-state index contributed by atoms with van der Waals surface area (Å²) in [5, 5.41) is 13.0. The maximum absolute atomic E-state index is 9.53. The molecule has 1 aromatic rings. The van der Waals surface area contributed by atoms with E-state index in [4.69, 9.17) is 4.42 Å². The fourth-order valence-electron chi connectivity index (χ4n) is 2.09. The second-order valence-electron chi connectivity index (χ2n) is 4.56. The van der Waals surface area contributed by atoms with E-state index in [-0.39, 0.29) is 12.1 Å². The Morgan fingerprint density at radius 1 is 1.44 bits per heavy atom. The van der Waals surface area contributed by atoms with Gasteiger partial charge in [-0.2, -0.15) is 11.8 Å². The van der Waals surface area contributed by atoms with E-state index in [1.807, 2.05) is 23.9 Å². The molecule has 4 heteroatoms. The summed E-state index contributed by atoms with van der Waals surface area (Å²) in [6.45, 7) is 5.36.